The number of hydrogen-bond acceptors (Lipinski definition) is 3. The second-order valence-electron chi connectivity index (χ2n) is 6.19. The van der Waals surface area contributed by atoms with Gasteiger partial charge in [-0.15, -0.1) is 0 Å². The molecule has 0 spiro atoms. The Hall–Kier alpha value is -1.10. The second-order valence-corrected chi connectivity index (χ2v) is 6.19. The molecule has 2 amide bonds. The van der Waals surface area contributed by atoms with Gasteiger partial charge in [0, 0.05) is 26.2 Å². The van der Waals surface area contributed by atoms with Gasteiger partial charge in [0.25, 0.3) is 0 Å². The molecule has 5 nitrogen and oxygen atoms in total. The van der Waals surface area contributed by atoms with Gasteiger partial charge in [-0.2, -0.15) is 0 Å². The van der Waals surface area contributed by atoms with Crippen molar-refractivity contribution in [2.24, 2.45) is 0 Å². The summed E-state index contributed by atoms with van der Waals surface area (Å²) < 4.78 is 0. The molecule has 1 heterocycles. The van der Waals surface area contributed by atoms with Gasteiger partial charge in [0.1, 0.15) is 5.54 Å². The summed E-state index contributed by atoms with van der Waals surface area (Å²) in [6.45, 7) is 5.26. The van der Waals surface area contributed by atoms with E-state index in [0.717, 1.165) is 0 Å². The standard InChI is InChI=1S/C14H25N3O2/c1-14(2)13(19)16(3)8-9-17(14)12(18)10-15-11-6-4-5-7-11/h11,15H,4-10H2,1-3H3. The van der Waals surface area contributed by atoms with Gasteiger partial charge in [-0.25, -0.2) is 0 Å². The maximum atomic E-state index is 12.3. The number of hydrogen-bond donors (Lipinski definition) is 1. The molecule has 1 saturated carbocycles. The van der Waals surface area contributed by atoms with Gasteiger partial charge in [-0.3, -0.25) is 9.59 Å². The van der Waals surface area contributed by atoms with Crippen LogP contribution in [0.1, 0.15) is 39.5 Å². The summed E-state index contributed by atoms with van der Waals surface area (Å²) in [5, 5.41) is 3.33. The third-order valence-electron chi connectivity index (χ3n) is 4.40. The summed E-state index contributed by atoms with van der Waals surface area (Å²) in [5.74, 6) is 0.0614. The number of carbonyl (C=O) groups is 2. The van der Waals surface area contributed by atoms with Crippen LogP contribution in [-0.2, 0) is 9.59 Å². The molecule has 1 aliphatic heterocycles. The highest BCUT2D eigenvalue weighted by Gasteiger charge is 2.42. The van der Waals surface area contributed by atoms with Crippen LogP contribution in [-0.4, -0.2) is 59.9 Å². The minimum absolute atomic E-state index is 0.0213. The lowest BCUT2D eigenvalue weighted by Crippen LogP contribution is -2.64. The van der Waals surface area contributed by atoms with Crippen molar-refractivity contribution < 1.29 is 9.59 Å². The van der Waals surface area contributed by atoms with Crippen molar-refractivity contribution in [2.75, 3.05) is 26.7 Å². The molecule has 0 aromatic heterocycles. The molecule has 0 unspecified atom stereocenters. The minimum atomic E-state index is -0.721. The number of nitrogens with one attached hydrogen (secondary N) is 1. The highest BCUT2D eigenvalue weighted by Crippen LogP contribution is 2.22. The third kappa shape index (κ3) is 2.91. The molecule has 2 rings (SSSR count). The summed E-state index contributed by atoms with van der Waals surface area (Å²) in [6.07, 6.45) is 4.84. The van der Waals surface area contributed by atoms with E-state index in [1.165, 1.54) is 25.7 Å². The first-order chi connectivity index (χ1) is 8.93. The zero-order valence-electron chi connectivity index (χ0n) is 12.2. The molecule has 0 aromatic carbocycles. The molecule has 0 bridgehead atoms. The van der Waals surface area contributed by atoms with E-state index in [1.54, 1.807) is 16.8 Å². The van der Waals surface area contributed by atoms with E-state index < -0.39 is 5.54 Å². The van der Waals surface area contributed by atoms with Crippen LogP contribution < -0.4 is 5.32 Å². The first-order valence-electron chi connectivity index (χ1n) is 7.22. The van der Waals surface area contributed by atoms with E-state index in [-0.39, 0.29) is 11.8 Å². The summed E-state index contributed by atoms with van der Waals surface area (Å²) in [5.41, 5.74) is -0.721. The molecule has 2 fully saturated rings. The molecule has 1 aliphatic carbocycles. The fourth-order valence-corrected chi connectivity index (χ4v) is 3.11. The van der Waals surface area contributed by atoms with E-state index >= 15 is 0 Å². The summed E-state index contributed by atoms with van der Waals surface area (Å²) >= 11 is 0. The van der Waals surface area contributed by atoms with Gasteiger partial charge < -0.3 is 15.1 Å². The van der Waals surface area contributed by atoms with Gasteiger partial charge in [0.05, 0.1) is 6.54 Å². The topological polar surface area (TPSA) is 52.6 Å². The Morgan fingerprint density at radius 1 is 1.32 bits per heavy atom. The number of amides is 2. The molecular weight excluding hydrogens is 242 g/mol. The zero-order chi connectivity index (χ0) is 14.0. The fraction of sp³-hybridized carbons (Fsp3) is 0.857. The first-order valence-corrected chi connectivity index (χ1v) is 7.22. The first kappa shape index (κ1) is 14.3. The Balaban J connectivity index is 1.92. The lowest BCUT2D eigenvalue weighted by molar-refractivity contribution is -0.156. The summed E-state index contributed by atoms with van der Waals surface area (Å²) in [6, 6.07) is 0.482. The van der Waals surface area contributed by atoms with Gasteiger partial charge in [0.15, 0.2) is 0 Å². The highest BCUT2D eigenvalue weighted by molar-refractivity contribution is 5.92. The molecule has 1 saturated heterocycles. The van der Waals surface area contributed by atoms with Crippen LogP contribution in [0, 0.1) is 0 Å². The maximum Gasteiger partial charge on any atom is 0.247 e. The normalized spacial score (nSPS) is 24.1. The largest absolute Gasteiger partial charge is 0.342 e. The van der Waals surface area contributed by atoms with Crippen molar-refractivity contribution in [3.05, 3.63) is 0 Å². The fourth-order valence-electron chi connectivity index (χ4n) is 3.11. The average Bonchev–Trinajstić information content (AvgIpc) is 2.86. The molecule has 2 aliphatic rings. The predicted octanol–water partition coefficient (Wildman–Crippen LogP) is 0.598. The quantitative estimate of drug-likeness (QED) is 0.814. The van der Waals surface area contributed by atoms with Gasteiger partial charge in [0.2, 0.25) is 11.8 Å². The highest BCUT2D eigenvalue weighted by atomic mass is 16.2. The number of rotatable bonds is 3. The minimum Gasteiger partial charge on any atom is -0.342 e. The predicted molar refractivity (Wildman–Crippen MR) is 73.7 cm³/mol. The van der Waals surface area contributed by atoms with Crippen molar-refractivity contribution >= 4 is 11.8 Å². The molecule has 0 aromatic rings. The van der Waals surface area contributed by atoms with Crippen molar-refractivity contribution in [2.45, 2.75) is 51.1 Å². The van der Waals surface area contributed by atoms with Crippen LogP contribution in [0.15, 0.2) is 0 Å². The molecule has 108 valence electrons. The van der Waals surface area contributed by atoms with Gasteiger partial charge in [-0.05, 0) is 26.7 Å². The third-order valence-corrected chi connectivity index (χ3v) is 4.40. The Morgan fingerprint density at radius 3 is 2.58 bits per heavy atom. The SMILES string of the molecule is CN1CCN(C(=O)CNC2CCCC2)C(C)(C)C1=O. The van der Waals surface area contributed by atoms with Gasteiger partial charge in [-0.1, -0.05) is 12.8 Å². The van der Waals surface area contributed by atoms with Crippen LogP contribution in [0.5, 0.6) is 0 Å². The van der Waals surface area contributed by atoms with E-state index in [1.807, 2.05) is 13.8 Å². The van der Waals surface area contributed by atoms with Crippen molar-refractivity contribution in [1.29, 1.82) is 0 Å². The monoisotopic (exact) mass is 267 g/mol. The van der Waals surface area contributed by atoms with E-state index in [0.29, 0.717) is 25.7 Å². The van der Waals surface area contributed by atoms with Crippen LogP contribution in [0.3, 0.4) is 0 Å². The number of likely N-dealkylation sites (N-methyl/N-ethyl adjacent to an activating group) is 1. The molecule has 1 N–H and O–H groups in total. The molecule has 19 heavy (non-hydrogen) atoms. The van der Waals surface area contributed by atoms with E-state index in [2.05, 4.69) is 5.32 Å². The number of nitrogens with zero attached hydrogens (tertiary/aromatic N) is 2. The smallest absolute Gasteiger partial charge is 0.247 e. The molecule has 0 atom stereocenters. The summed E-state index contributed by atoms with van der Waals surface area (Å²) in [4.78, 5) is 27.9. The number of carbonyl (C=O) groups excluding carboxylic acids is 2. The Kier molecular flexibility index (Phi) is 4.13. The molecular formula is C14H25N3O2. The van der Waals surface area contributed by atoms with Crippen LogP contribution in [0.2, 0.25) is 0 Å². The molecule has 5 heteroatoms. The van der Waals surface area contributed by atoms with Crippen LogP contribution in [0.25, 0.3) is 0 Å². The van der Waals surface area contributed by atoms with Gasteiger partial charge >= 0.3 is 0 Å². The van der Waals surface area contributed by atoms with Crippen molar-refractivity contribution in [3.63, 3.8) is 0 Å². The van der Waals surface area contributed by atoms with Crippen LogP contribution in [0.4, 0.5) is 0 Å². The van der Waals surface area contributed by atoms with Crippen molar-refractivity contribution in [1.82, 2.24) is 15.1 Å². The second kappa shape index (κ2) is 5.49. The Bertz CT molecular complexity index is 362. The number of piperazine rings is 1. The lowest BCUT2D eigenvalue weighted by atomic mass is 9.97. The van der Waals surface area contributed by atoms with E-state index in [9.17, 15) is 9.59 Å². The van der Waals surface area contributed by atoms with Crippen LogP contribution >= 0.6 is 0 Å². The summed E-state index contributed by atoms with van der Waals surface area (Å²) in [7, 11) is 1.79. The average molecular weight is 267 g/mol. The Labute approximate surface area is 115 Å². The van der Waals surface area contributed by atoms with E-state index in [4.69, 9.17) is 0 Å². The molecule has 0 radical (unpaired) electrons. The lowest BCUT2D eigenvalue weighted by Gasteiger charge is -2.44. The Morgan fingerprint density at radius 2 is 1.95 bits per heavy atom. The zero-order valence-corrected chi connectivity index (χ0v) is 12.2. The maximum absolute atomic E-state index is 12.3. The van der Waals surface area contributed by atoms with Crippen molar-refractivity contribution in [3.8, 4) is 0 Å².